The van der Waals surface area contributed by atoms with Crippen LogP contribution in [0, 0.1) is 13.8 Å². The fraction of sp³-hybridized carbons (Fsp3) is 0.333. The molecule has 44 heavy (non-hydrogen) atoms. The lowest BCUT2D eigenvalue weighted by atomic mass is 9.99. The Bertz CT molecular complexity index is 1590. The fourth-order valence-electron chi connectivity index (χ4n) is 6.15. The molecule has 4 aromatic rings. The van der Waals surface area contributed by atoms with Crippen molar-refractivity contribution in [1.29, 1.82) is 0 Å². The third-order valence-corrected chi connectivity index (χ3v) is 8.56. The summed E-state index contributed by atoms with van der Waals surface area (Å²) in [6.45, 7) is 12.5. The van der Waals surface area contributed by atoms with Crippen LogP contribution < -0.4 is 9.80 Å². The van der Waals surface area contributed by atoms with Crippen LogP contribution in [0.4, 0.5) is 11.6 Å². The van der Waals surface area contributed by atoms with Gasteiger partial charge in [0.05, 0.1) is 50.9 Å². The zero-order chi connectivity index (χ0) is 29.9. The molecule has 8 nitrogen and oxygen atoms in total. The molecule has 0 bridgehead atoms. The number of ether oxygens (including phenoxy) is 2. The lowest BCUT2D eigenvalue weighted by molar-refractivity contribution is 0.122. The number of fused-ring (bicyclic) bond motifs is 2. The molecule has 0 saturated carbocycles. The number of hydrogen-bond acceptors (Lipinski definition) is 8. The summed E-state index contributed by atoms with van der Waals surface area (Å²) in [4.78, 5) is 23.1. The van der Waals surface area contributed by atoms with Crippen molar-refractivity contribution in [3.8, 4) is 0 Å². The SMILES string of the molecule is Cc1ccc2c(c1)C(c1ccnc(N3CCOCC3)c1)=NC2.Cc1ccc2c(c1)C(c1ccnc(N3CCOCC3)c1)=NC2. The van der Waals surface area contributed by atoms with Crippen molar-refractivity contribution in [3.05, 3.63) is 118 Å². The van der Waals surface area contributed by atoms with Crippen LogP contribution in [0.3, 0.4) is 0 Å². The highest BCUT2D eigenvalue weighted by Gasteiger charge is 2.21. The summed E-state index contributed by atoms with van der Waals surface area (Å²) in [6, 6.07) is 21.6. The Labute approximate surface area is 259 Å². The average Bonchev–Trinajstić information content (AvgIpc) is 3.70. The second kappa shape index (κ2) is 12.7. The number of anilines is 2. The van der Waals surface area contributed by atoms with Gasteiger partial charge in [-0.2, -0.15) is 0 Å². The largest absolute Gasteiger partial charge is 0.378 e. The molecular weight excluding hydrogens is 548 g/mol. The Morgan fingerprint density at radius 2 is 0.977 bits per heavy atom. The molecule has 2 fully saturated rings. The molecule has 6 heterocycles. The summed E-state index contributed by atoms with van der Waals surface area (Å²) in [5, 5.41) is 0. The number of benzene rings is 2. The molecule has 0 atom stereocenters. The van der Waals surface area contributed by atoms with Gasteiger partial charge in [0.1, 0.15) is 11.6 Å². The lowest BCUT2D eigenvalue weighted by Gasteiger charge is -2.28. The van der Waals surface area contributed by atoms with Gasteiger partial charge in [-0.1, -0.05) is 35.4 Å². The molecular formula is C36H38N6O2. The van der Waals surface area contributed by atoms with Gasteiger partial charge in [0.15, 0.2) is 0 Å². The van der Waals surface area contributed by atoms with Crippen LogP contribution >= 0.6 is 0 Å². The maximum Gasteiger partial charge on any atom is 0.129 e. The van der Waals surface area contributed by atoms with Crippen LogP contribution in [0.2, 0.25) is 0 Å². The summed E-state index contributed by atoms with van der Waals surface area (Å²) < 4.78 is 10.8. The van der Waals surface area contributed by atoms with E-state index in [1.807, 2.05) is 12.4 Å². The summed E-state index contributed by atoms with van der Waals surface area (Å²) >= 11 is 0. The molecule has 0 N–H and O–H groups in total. The van der Waals surface area contributed by atoms with Crippen LogP contribution in [0.1, 0.15) is 44.5 Å². The highest BCUT2D eigenvalue weighted by molar-refractivity contribution is 6.16. The van der Waals surface area contributed by atoms with Crippen molar-refractivity contribution < 1.29 is 9.47 Å². The van der Waals surface area contributed by atoms with Crippen molar-refractivity contribution >= 4 is 23.1 Å². The van der Waals surface area contributed by atoms with E-state index in [9.17, 15) is 0 Å². The minimum Gasteiger partial charge on any atom is -0.378 e. The van der Waals surface area contributed by atoms with Crippen LogP contribution in [-0.4, -0.2) is 74.0 Å². The standard InChI is InChI=1S/2C18H19N3O/c2*1-13-2-3-15-12-20-18(16(15)10-13)14-4-5-19-17(11-14)21-6-8-22-9-7-21/h2*2-5,10-11H,6-9,12H2,1H3. The predicted octanol–water partition coefficient (Wildman–Crippen LogP) is 5.16. The van der Waals surface area contributed by atoms with E-state index in [1.165, 1.54) is 33.4 Å². The molecule has 8 heteroatoms. The predicted molar refractivity (Wildman–Crippen MR) is 176 cm³/mol. The van der Waals surface area contributed by atoms with Crippen LogP contribution in [0.5, 0.6) is 0 Å². The van der Waals surface area contributed by atoms with Crippen molar-refractivity contribution in [3.63, 3.8) is 0 Å². The Morgan fingerprint density at radius 3 is 1.41 bits per heavy atom. The first kappa shape index (κ1) is 28.4. The second-order valence-electron chi connectivity index (χ2n) is 11.7. The highest BCUT2D eigenvalue weighted by atomic mass is 16.5. The van der Waals surface area contributed by atoms with Gasteiger partial charge in [-0.25, -0.2) is 9.97 Å². The lowest BCUT2D eigenvalue weighted by Crippen LogP contribution is -2.36. The van der Waals surface area contributed by atoms with E-state index in [0.29, 0.717) is 0 Å². The van der Waals surface area contributed by atoms with Gasteiger partial charge in [0.2, 0.25) is 0 Å². The van der Waals surface area contributed by atoms with Crippen molar-refractivity contribution in [1.82, 2.24) is 9.97 Å². The van der Waals surface area contributed by atoms with Crippen LogP contribution in [0.15, 0.2) is 83.0 Å². The molecule has 2 aromatic heterocycles. The zero-order valence-electron chi connectivity index (χ0n) is 25.5. The minimum atomic E-state index is 0.773. The fourth-order valence-corrected chi connectivity index (χ4v) is 6.15. The molecule has 8 rings (SSSR count). The highest BCUT2D eigenvalue weighted by Crippen LogP contribution is 2.27. The monoisotopic (exact) mass is 586 g/mol. The Kier molecular flexibility index (Phi) is 8.18. The number of morpholine rings is 2. The molecule has 2 saturated heterocycles. The number of aliphatic imine (C=N–C) groups is 2. The number of aryl methyl sites for hydroxylation is 2. The molecule has 4 aliphatic heterocycles. The molecule has 0 radical (unpaired) electrons. The van der Waals surface area contributed by atoms with E-state index in [0.717, 1.165) is 99.9 Å². The van der Waals surface area contributed by atoms with Crippen molar-refractivity contribution in [2.24, 2.45) is 9.98 Å². The number of aromatic nitrogens is 2. The summed E-state index contributed by atoms with van der Waals surface area (Å²) in [5.74, 6) is 2.04. The summed E-state index contributed by atoms with van der Waals surface area (Å²) in [7, 11) is 0. The van der Waals surface area contributed by atoms with E-state index >= 15 is 0 Å². The van der Waals surface area contributed by atoms with Gasteiger partial charge in [0, 0.05) is 60.8 Å². The zero-order valence-corrected chi connectivity index (χ0v) is 25.5. The minimum absolute atomic E-state index is 0.773. The van der Waals surface area contributed by atoms with Crippen molar-refractivity contribution in [2.75, 3.05) is 62.4 Å². The van der Waals surface area contributed by atoms with Crippen LogP contribution in [-0.2, 0) is 22.6 Å². The maximum absolute atomic E-state index is 5.42. The first-order chi connectivity index (χ1) is 21.6. The molecule has 0 spiro atoms. The van der Waals surface area contributed by atoms with Crippen molar-refractivity contribution in [2.45, 2.75) is 26.9 Å². The van der Waals surface area contributed by atoms with E-state index in [-0.39, 0.29) is 0 Å². The summed E-state index contributed by atoms with van der Waals surface area (Å²) in [5.41, 5.74) is 12.2. The Balaban J connectivity index is 0.000000142. The summed E-state index contributed by atoms with van der Waals surface area (Å²) in [6.07, 6.45) is 3.77. The van der Waals surface area contributed by atoms with Crippen LogP contribution in [0.25, 0.3) is 0 Å². The first-order valence-electron chi connectivity index (χ1n) is 15.5. The maximum atomic E-state index is 5.42. The molecule has 0 amide bonds. The van der Waals surface area contributed by atoms with Gasteiger partial charge >= 0.3 is 0 Å². The van der Waals surface area contributed by atoms with Gasteiger partial charge in [-0.05, 0) is 61.4 Å². The van der Waals surface area contributed by atoms with E-state index in [1.54, 1.807) is 0 Å². The molecule has 224 valence electrons. The Hall–Kier alpha value is -4.40. The van der Waals surface area contributed by atoms with E-state index in [2.05, 4.69) is 94.3 Å². The second-order valence-corrected chi connectivity index (χ2v) is 11.7. The van der Waals surface area contributed by atoms with Gasteiger partial charge in [0.25, 0.3) is 0 Å². The third kappa shape index (κ3) is 6.00. The molecule has 4 aliphatic rings. The molecule has 2 aromatic carbocycles. The number of rotatable bonds is 4. The Morgan fingerprint density at radius 1 is 0.545 bits per heavy atom. The van der Waals surface area contributed by atoms with Gasteiger partial charge < -0.3 is 19.3 Å². The van der Waals surface area contributed by atoms with Gasteiger partial charge in [-0.3, -0.25) is 9.98 Å². The third-order valence-electron chi connectivity index (χ3n) is 8.56. The van der Waals surface area contributed by atoms with E-state index in [4.69, 9.17) is 19.5 Å². The molecule has 0 unspecified atom stereocenters. The average molecular weight is 587 g/mol. The molecule has 0 aliphatic carbocycles. The topological polar surface area (TPSA) is 75.4 Å². The number of nitrogens with zero attached hydrogens (tertiary/aromatic N) is 6. The smallest absolute Gasteiger partial charge is 0.129 e. The normalized spacial score (nSPS) is 17.3. The number of hydrogen-bond donors (Lipinski definition) is 0. The quantitative estimate of drug-likeness (QED) is 0.329. The van der Waals surface area contributed by atoms with E-state index < -0.39 is 0 Å². The number of pyridine rings is 2. The first-order valence-corrected chi connectivity index (χ1v) is 15.5. The van der Waals surface area contributed by atoms with Gasteiger partial charge in [-0.15, -0.1) is 0 Å².